The van der Waals surface area contributed by atoms with E-state index in [4.69, 9.17) is 0 Å². The van der Waals surface area contributed by atoms with Crippen molar-refractivity contribution >= 4 is 5.69 Å². The quantitative estimate of drug-likeness (QED) is 0.636. The molecule has 1 N–H and O–H groups in total. The van der Waals surface area contributed by atoms with E-state index in [-0.39, 0.29) is 16.4 Å². The fraction of sp³-hybridized carbons (Fsp3) is 0.333. The number of hydrogen-bond acceptors (Lipinski definition) is 3. The van der Waals surface area contributed by atoms with Crippen LogP contribution in [0.25, 0.3) is 0 Å². The summed E-state index contributed by atoms with van der Waals surface area (Å²) in [5.74, 6) is 1.23. The number of phenolic OH excluding ortho intramolecular Hbond substituents is 1. The highest BCUT2D eigenvalue weighted by molar-refractivity contribution is 5.33. The van der Waals surface area contributed by atoms with Gasteiger partial charge in [-0.1, -0.05) is 38.1 Å². The Labute approximate surface area is 130 Å². The molecule has 0 aliphatic heterocycles. The summed E-state index contributed by atoms with van der Waals surface area (Å²) in [6.45, 7) is 4.38. The Hall–Kier alpha value is -2.36. The predicted octanol–water partition coefficient (Wildman–Crippen LogP) is 4.36. The minimum absolute atomic E-state index is 0.128. The molecule has 2 rings (SSSR count). The molecule has 0 saturated carbocycles. The van der Waals surface area contributed by atoms with Crippen LogP contribution in [-0.2, 0) is 12.8 Å². The number of non-ortho nitro benzene ring substituents is 1. The van der Waals surface area contributed by atoms with Crippen LogP contribution in [0, 0.1) is 22.0 Å². The molecule has 0 heterocycles. The normalized spacial score (nSPS) is 12.3. The van der Waals surface area contributed by atoms with Crippen molar-refractivity contribution in [1.82, 2.24) is 0 Å². The molecular formula is C18H21NO3. The summed E-state index contributed by atoms with van der Waals surface area (Å²) in [6, 6.07) is 14.1. The molecule has 4 heteroatoms. The fourth-order valence-electron chi connectivity index (χ4n) is 2.53. The van der Waals surface area contributed by atoms with E-state index in [1.807, 2.05) is 24.3 Å². The maximum atomic E-state index is 10.7. The number of rotatable bonds is 6. The van der Waals surface area contributed by atoms with E-state index in [1.165, 1.54) is 5.56 Å². The smallest absolute Gasteiger partial charge is 0.269 e. The first-order chi connectivity index (χ1) is 10.5. The summed E-state index contributed by atoms with van der Waals surface area (Å²) in [7, 11) is 0. The van der Waals surface area contributed by atoms with E-state index in [2.05, 4.69) is 13.8 Å². The minimum atomic E-state index is -0.375. The molecule has 0 aliphatic rings. The Kier molecular flexibility index (Phi) is 5.15. The molecule has 116 valence electrons. The van der Waals surface area contributed by atoms with Gasteiger partial charge in [0.2, 0.25) is 0 Å². The molecule has 2 aromatic carbocycles. The molecule has 22 heavy (non-hydrogen) atoms. The molecule has 1 unspecified atom stereocenters. The van der Waals surface area contributed by atoms with E-state index in [0.717, 1.165) is 18.4 Å². The van der Waals surface area contributed by atoms with Crippen molar-refractivity contribution in [3.05, 3.63) is 69.8 Å². The number of benzene rings is 2. The van der Waals surface area contributed by atoms with E-state index in [9.17, 15) is 15.2 Å². The Bertz CT molecular complexity index is 618. The van der Waals surface area contributed by atoms with Gasteiger partial charge in [-0.3, -0.25) is 10.1 Å². The highest BCUT2D eigenvalue weighted by atomic mass is 16.6. The molecule has 0 spiro atoms. The molecule has 0 fully saturated rings. The van der Waals surface area contributed by atoms with E-state index < -0.39 is 0 Å². The Morgan fingerprint density at radius 1 is 0.955 bits per heavy atom. The number of aromatic hydroxyl groups is 1. The summed E-state index contributed by atoms with van der Waals surface area (Å²) >= 11 is 0. The van der Waals surface area contributed by atoms with Crippen LogP contribution in [0.5, 0.6) is 5.75 Å². The molecule has 0 saturated heterocycles. The Morgan fingerprint density at radius 2 is 1.41 bits per heavy atom. The van der Waals surface area contributed by atoms with Crippen LogP contribution >= 0.6 is 0 Å². The van der Waals surface area contributed by atoms with Gasteiger partial charge in [0.25, 0.3) is 5.69 Å². The van der Waals surface area contributed by atoms with Crippen LogP contribution in [0.1, 0.15) is 25.0 Å². The molecule has 0 amide bonds. The lowest BCUT2D eigenvalue weighted by Crippen LogP contribution is -2.15. The highest BCUT2D eigenvalue weighted by Gasteiger charge is 2.16. The van der Waals surface area contributed by atoms with Gasteiger partial charge in [0.1, 0.15) is 5.75 Å². The monoisotopic (exact) mass is 299 g/mol. The minimum Gasteiger partial charge on any atom is -0.508 e. The lowest BCUT2D eigenvalue weighted by atomic mass is 9.84. The highest BCUT2D eigenvalue weighted by Crippen LogP contribution is 2.24. The first kappa shape index (κ1) is 16.0. The average Bonchev–Trinajstić information content (AvgIpc) is 2.49. The van der Waals surface area contributed by atoms with Crippen molar-refractivity contribution in [1.29, 1.82) is 0 Å². The molecule has 0 aromatic heterocycles. The maximum Gasteiger partial charge on any atom is 0.269 e. The summed E-state index contributed by atoms with van der Waals surface area (Å²) in [6.07, 6.45) is 1.81. The summed E-state index contributed by atoms with van der Waals surface area (Å²) in [5.41, 5.74) is 2.44. The van der Waals surface area contributed by atoms with Gasteiger partial charge in [0, 0.05) is 12.1 Å². The van der Waals surface area contributed by atoms with Crippen LogP contribution < -0.4 is 0 Å². The predicted molar refractivity (Wildman–Crippen MR) is 86.9 cm³/mol. The van der Waals surface area contributed by atoms with Gasteiger partial charge in [0.05, 0.1) is 4.92 Å². The van der Waals surface area contributed by atoms with Gasteiger partial charge >= 0.3 is 0 Å². The van der Waals surface area contributed by atoms with Gasteiger partial charge in [-0.25, -0.2) is 0 Å². The van der Waals surface area contributed by atoms with Crippen molar-refractivity contribution in [2.45, 2.75) is 26.7 Å². The van der Waals surface area contributed by atoms with Crippen molar-refractivity contribution in [2.24, 2.45) is 11.8 Å². The molecule has 2 aromatic rings. The summed E-state index contributed by atoms with van der Waals surface area (Å²) < 4.78 is 0. The van der Waals surface area contributed by atoms with E-state index >= 15 is 0 Å². The van der Waals surface area contributed by atoms with Crippen LogP contribution in [0.15, 0.2) is 48.5 Å². The Balaban J connectivity index is 2.08. The number of hydrogen-bond donors (Lipinski definition) is 1. The second-order valence-electron chi connectivity index (χ2n) is 6.00. The molecule has 1 atom stereocenters. The zero-order valence-corrected chi connectivity index (χ0v) is 12.9. The van der Waals surface area contributed by atoms with Crippen LogP contribution in [-0.4, -0.2) is 10.0 Å². The average molecular weight is 299 g/mol. The summed E-state index contributed by atoms with van der Waals surface area (Å²) in [4.78, 5) is 10.3. The number of nitro groups is 1. The largest absolute Gasteiger partial charge is 0.508 e. The van der Waals surface area contributed by atoms with Crippen LogP contribution in [0.4, 0.5) is 5.69 Å². The van der Waals surface area contributed by atoms with E-state index in [0.29, 0.717) is 11.8 Å². The second kappa shape index (κ2) is 7.07. The van der Waals surface area contributed by atoms with Crippen molar-refractivity contribution < 1.29 is 10.0 Å². The molecule has 4 nitrogen and oxygen atoms in total. The van der Waals surface area contributed by atoms with Crippen molar-refractivity contribution in [2.75, 3.05) is 0 Å². The Morgan fingerprint density at radius 3 is 1.82 bits per heavy atom. The van der Waals surface area contributed by atoms with Crippen molar-refractivity contribution in [3.8, 4) is 5.75 Å². The number of phenols is 1. The molecule has 0 bridgehead atoms. The van der Waals surface area contributed by atoms with Gasteiger partial charge in [-0.05, 0) is 47.9 Å². The summed E-state index contributed by atoms with van der Waals surface area (Å²) in [5, 5.41) is 20.0. The lowest BCUT2D eigenvalue weighted by Gasteiger charge is -2.21. The first-order valence-corrected chi connectivity index (χ1v) is 7.47. The van der Waals surface area contributed by atoms with Gasteiger partial charge in [-0.15, -0.1) is 0 Å². The van der Waals surface area contributed by atoms with Crippen LogP contribution in [0.3, 0.4) is 0 Å². The standard InChI is InChI=1S/C18H21NO3/c1-13(2)16(12-15-5-9-18(20)10-6-15)11-14-3-7-17(8-4-14)19(21)22/h3-10,13,16,20H,11-12H2,1-2H3. The van der Waals surface area contributed by atoms with Crippen molar-refractivity contribution in [3.63, 3.8) is 0 Å². The van der Waals surface area contributed by atoms with Gasteiger partial charge in [0.15, 0.2) is 0 Å². The first-order valence-electron chi connectivity index (χ1n) is 7.47. The topological polar surface area (TPSA) is 63.4 Å². The second-order valence-corrected chi connectivity index (χ2v) is 6.00. The third kappa shape index (κ3) is 4.32. The SMILES string of the molecule is CC(C)C(Cc1ccc(O)cc1)Cc1ccc([N+](=O)[O-])cc1. The molecular weight excluding hydrogens is 278 g/mol. The van der Waals surface area contributed by atoms with Gasteiger partial charge < -0.3 is 5.11 Å². The third-order valence-corrected chi connectivity index (χ3v) is 4.02. The molecule has 0 radical (unpaired) electrons. The maximum absolute atomic E-state index is 10.7. The van der Waals surface area contributed by atoms with Gasteiger partial charge in [-0.2, -0.15) is 0 Å². The zero-order chi connectivity index (χ0) is 16.1. The third-order valence-electron chi connectivity index (χ3n) is 4.02. The molecule has 0 aliphatic carbocycles. The number of nitro benzene ring substituents is 1. The zero-order valence-electron chi connectivity index (χ0n) is 12.9. The fourth-order valence-corrected chi connectivity index (χ4v) is 2.53. The number of nitrogens with zero attached hydrogens (tertiary/aromatic N) is 1. The van der Waals surface area contributed by atoms with E-state index in [1.54, 1.807) is 24.3 Å². The lowest BCUT2D eigenvalue weighted by molar-refractivity contribution is -0.384. The van der Waals surface area contributed by atoms with Crippen LogP contribution in [0.2, 0.25) is 0 Å².